The normalized spacial score (nSPS) is 13.3. The minimum absolute atomic E-state index is 0.194. The Balaban J connectivity index is 1.71. The number of hydrogen-bond donors (Lipinski definition) is 1. The molecule has 0 unspecified atom stereocenters. The lowest BCUT2D eigenvalue weighted by molar-refractivity contribution is -0.120. The van der Waals surface area contributed by atoms with Crippen LogP contribution in [0.2, 0.25) is 0 Å². The van der Waals surface area contributed by atoms with Gasteiger partial charge in [-0.1, -0.05) is 42.5 Å². The van der Waals surface area contributed by atoms with Crippen LogP contribution in [0, 0.1) is 11.3 Å². The first-order valence-electron chi connectivity index (χ1n) is 10.2. The third-order valence-corrected chi connectivity index (χ3v) is 6.16. The number of rotatable bonds is 6. The van der Waals surface area contributed by atoms with Gasteiger partial charge in [0.25, 0.3) is 11.8 Å². The van der Waals surface area contributed by atoms with Gasteiger partial charge in [0.2, 0.25) is 5.91 Å². The van der Waals surface area contributed by atoms with Crippen molar-refractivity contribution in [2.75, 3.05) is 10.2 Å². The lowest BCUT2D eigenvalue weighted by Gasteiger charge is -2.15. The van der Waals surface area contributed by atoms with Gasteiger partial charge in [0.05, 0.1) is 27.8 Å². The van der Waals surface area contributed by atoms with E-state index in [0.29, 0.717) is 38.7 Å². The van der Waals surface area contributed by atoms with Crippen molar-refractivity contribution in [1.29, 1.82) is 5.26 Å². The van der Waals surface area contributed by atoms with Gasteiger partial charge in [0, 0.05) is 18.4 Å². The molecule has 0 atom stereocenters. The molecule has 1 heterocycles. The molecule has 0 saturated carbocycles. The van der Waals surface area contributed by atoms with Crippen LogP contribution in [-0.2, 0) is 20.1 Å². The first-order chi connectivity index (χ1) is 16.0. The lowest BCUT2D eigenvalue weighted by Crippen LogP contribution is -2.31. The fourth-order valence-electron chi connectivity index (χ4n) is 3.47. The largest absolute Gasteiger partial charge is 0.326 e. The molecule has 162 valence electrons. The Kier molecular flexibility index (Phi) is 6.38. The molecule has 0 aliphatic carbocycles. The highest BCUT2D eigenvalue weighted by atomic mass is 32.2. The molecule has 4 rings (SSSR count). The molecule has 3 aromatic carbocycles. The summed E-state index contributed by atoms with van der Waals surface area (Å²) in [4.78, 5) is 39.7. The molecule has 0 fully saturated rings. The Hall–Kier alpha value is -4.15. The molecule has 0 aromatic heterocycles. The molecule has 7 heteroatoms. The molecule has 6 nitrogen and oxygen atoms in total. The van der Waals surface area contributed by atoms with Gasteiger partial charge in [0.15, 0.2) is 0 Å². The van der Waals surface area contributed by atoms with Gasteiger partial charge < -0.3 is 5.32 Å². The van der Waals surface area contributed by atoms with Crippen molar-refractivity contribution in [1.82, 2.24) is 0 Å². The van der Waals surface area contributed by atoms with Crippen molar-refractivity contribution in [3.05, 3.63) is 100 Å². The monoisotopic (exact) mass is 453 g/mol. The predicted octanol–water partition coefficient (Wildman–Crippen LogP) is 4.73. The smallest absolute Gasteiger partial charge is 0.272 e. The van der Waals surface area contributed by atoms with E-state index >= 15 is 0 Å². The number of carbonyl (C=O) groups is 3. The summed E-state index contributed by atoms with van der Waals surface area (Å²) < 4.78 is 0. The van der Waals surface area contributed by atoms with Gasteiger partial charge in [-0.3, -0.25) is 14.4 Å². The van der Waals surface area contributed by atoms with Crippen molar-refractivity contribution < 1.29 is 14.4 Å². The van der Waals surface area contributed by atoms with E-state index in [1.807, 2.05) is 36.4 Å². The predicted molar refractivity (Wildman–Crippen MR) is 129 cm³/mol. The molecule has 0 saturated heterocycles. The highest BCUT2D eigenvalue weighted by Crippen LogP contribution is 2.39. The number of amides is 3. The highest BCUT2D eigenvalue weighted by molar-refractivity contribution is 8.03. The molecule has 3 aromatic rings. The molecule has 33 heavy (non-hydrogen) atoms. The van der Waals surface area contributed by atoms with Crippen LogP contribution in [0.3, 0.4) is 0 Å². The Morgan fingerprint density at radius 3 is 2.21 bits per heavy atom. The number of imide groups is 1. The maximum absolute atomic E-state index is 13.5. The van der Waals surface area contributed by atoms with Crippen LogP contribution in [0.15, 0.2) is 83.8 Å². The number of thioether (sulfide) groups is 1. The molecule has 0 bridgehead atoms. The zero-order valence-corrected chi connectivity index (χ0v) is 18.6. The summed E-state index contributed by atoms with van der Waals surface area (Å²) in [5.74, 6) is -0.483. The fourth-order valence-corrected chi connectivity index (χ4v) is 4.54. The second-order valence-corrected chi connectivity index (χ2v) is 8.33. The zero-order valence-electron chi connectivity index (χ0n) is 17.7. The van der Waals surface area contributed by atoms with Crippen LogP contribution in [0.5, 0.6) is 0 Å². The van der Waals surface area contributed by atoms with E-state index < -0.39 is 11.8 Å². The number of anilines is 2. The van der Waals surface area contributed by atoms with E-state index in [1.54, 1.807) is 48.5 Å². The summed E-state index contributed by atoms with van der Waals surface area (Å²) in [5.41, 5.74) is 3.40. The molecule has 1 aliphatic heterocycles. The third kappa shape index (κ3) is 4.71. The van der Waals surface area contributed by atoms with Crippen LogP contribution < -0.4 is 10.2 Å². The summed E-state index contributed by atoms with van der Waals surface area (Å²) in [5, 5.41) is 11.7. The minimum Gasteiger partial charge on any atom is -0.326 e. The van der Waals surface area contributed by atoms with Crippen molar-refractivity contribution >= 4 is 46.4 Å². The van der Waals surface area contributed by atoms with Crippen molar-refractivity contribution in [2.24, 2.45) is 0 Å². The SMILES string of the molecule is CC(=O)Nc1ccc(C2=C(SCc3ccccc3)C(=O)N(c3ccc(C#N)cc3)C2=O)cc1. The Morgan fingerprint density at radius 2 is 1.61 bits per heavy atom. The minimum atomic E-state index is -0.424. The maximum Gasteiger partial charge on any atom is 0.272 e. The van der Waals surface area contributed by atoms with Gasteiger partial charge in [-0.25, -0.2) is 4.90 Å². The number of nitrogens with zero attached hydrogens (tertiary/aromatic N) is 2. The second kappa shape index (κ2) is 9.55. The molecular weight excluding hydrogens is 434 g/mol. The molecule has 0 spiro atoms. The molecule has 1 N–H and O–H groups in total. The van der Waals surface area contributed by atoms with Crippen LogP contribution in [0.1, 0.15) is 23.6 Å². The van der Waals surface area contributed by atoms with Gasteiger partial charge >= 0.3 is 0 Å². The van der Waals surface area contributed by atoms with Crippen LogP contribution in [-0.4, -0.2) is 17.7 Å². The summed E-state index contributed by atoms with van der Waals surface area (Å²) in [6.07, 6.45) is 0. The Bertz CT molecular complexity index is 1290. The first kappa shape index (κ1) is 22.1. The summed E-state index contributed by atoms with van der Waals surface area (Å²) in [7, 11) is 0. The third-order valence-electron chi connectivity index (χ3n) is 5.02. The topological polar surface area (TPSA) is 90.3 Å². The van der Waals surface area contributed by atoms with E-state index in [9.17, 15) is 14.4 Å². The Labute approximate surface area is 195 Å². The molecule has 3 amide bonds. The van der Waals surface area contributed by atoms with Gasteiger partial charge in [-0.15, -0.1) is 11.8 Å². The van der Waals surface area contributed by atoms with E-state index in [4.69, 9.17) is 5.26 Å². The van der Waals surface area contributed by atoms with Crippen molar-refractivity contribution in [3.63, 3.8) is 0 Å². The molecular formula is C26H19N3O3S. The van der Waals surface area contributed by atoms with E-state index in [0.717, 1.165) is 10.5 Å². The first-order valence-corrected chi connectivity index (χ1v) is 11.1. The molecule has 1 aliphatic rings. The maximum atomic E-state index is 13.5. The summed E-state index contributed by atoms with van der Waals surface area (Å²) >= 11 is 1.32. The Morgan fingerprint density at radius 1 is 0.939 bits per heavy atom. The van der Waals surface area contributed by atoms with Crippen molar-refractivity contribution in [3.8, 4) is 6.07 Å². The second-order valence-electron chi connectivity index (χ2n) is 7.34. The van der Waals surface area contributed by atoms with E-state index in [2.05, 4.69) is 5.32 Å². The average Bonchev–Trinajstić information content (AvgIpc) is 3.08. The highest BCUT2D eigenvalue weighted by Gasteiger charge is 2.40. The van der Waals surface area contributed by atoms with Crippen LogP contribution >= 0.6 is 11.8 Å². The van der Waals surface area contributed by atoms with E-state index in [1.165, 1.54) is 18.7 Å². The average molecular weight is 454 g/mol. The zero-order chi connectivity index (χ0) is 23.4. The van der Waals surface area contributed by atoms with Gasteiger partial charge in [-0.2, -0.15) is 5.26 Å². The fraction of sp³-hybridized carbons (Fsp3) is 0.0769. The lowest BCUT2D eigenvalue weighted by atomic mass is 10.1. The summed E-state index contributed by atoms with van der Waals surface area (Å²) in [6, 6.07) is 24.9. The van der Waals surface area contributed by atoms with Gasteiger partial charge in [-0.05, 0) is 47.5 Å². The number of benzene rings is 3. The number of carbonyl (C=O) groups excluding carboxylic acids is 3. The van der Waals surface area contributed by atoms with E-state index in [-0.39, 0.29) is 5.91 Å². The summed E-state index contributed by atoms with van der Waals surface area (Å²) in [6.45, 7) is 1.42. The standard InChI is InChI=1S/C26H19N3O3S/c1-17(30)28-21-11-9-20(10-12-21)23-24(33-16-19-5-3-2-4-6-19)26(32)29(25(23)31)22-13-7-18(15-27)8-14-22/h2-14H,16H2,1H3,(H,28,30). The van der Waals surface area contributed by atoms with Crippen LogP contribution in [0.25, 0.3) is 5.57 Å². The van der Waals surface area contributed by atoms with Crippen LogP contribution in [0.4, 0.5) is 11.4 Å². The number of nitriles is 1. The quantitative estimate of drug-likeness (QED) is 0.545. The van der Waals surface area contributed by atoms with Crippen molar-refractivity contribution in [2.45, 2.75) is 12.7 Å². The molecule has 0 radical (unpaired) electrons. The van der Waals surface area contributed by atoms with Gasteiger partial charge in [0.1, 0.15) is 0 Å². The number of nitrogens with one attached hydrogen (secondary N) is 1. The number of hydrogen-bond acceptors (Lipinski definition) is 5.